The Labute approximate surface area is 132 Å². The molecule has 2 rings (SSSR count). The Bertz CT molecular complexity index is 632. The van der Waals surface area contributed by atoms with E-state index in [1.165, 1.54) is 0 Å². The second-order valence-corrected chi connectivity index (χ2v) is 7.92. The van der Waals surface area contributed by atoms with E-state index in [1.807, 2.05) is 26.0 Å². The third-order valence-electron chi connectivity index (χ3n) is 3.78. The highest BCUT2D eigenvalue weighted by molar-refractivity contribution is 7.90. The highest BCUT2D eigenvalue weighted by Gasteiger charge is 2.36. The molecule has 1 aliphatic rings. The van der Waals surface area contributed by atoms with Crippen LogP contribution in [0.15, 0.2) is 24.3 Å². The van der Waals surface area contributed by atoms with Crippen molar-refractivity contribution in [1.82, 2.24) is 4.72 Å². The van der Waals surface area contributed by atoms with Crippen LogP contribution in [0, 0.1) is 17.2 Å². The summed E-state index contributed by atoms with van der Waals surface area (Å²) in [6.07, 6.45) is 1.15. The number of benzene rings is 1. The maximum Gasteiger partial charge on any atom is 0.215 e. The lowest BCUT2D eigenvalue weighted by Gasteiger charge is -2.32. The highest BCUT2D eigenvalue weighted by Crippen LogP contribution is 2.25. The lowest BCUT2D eigenvalue weighted by atomic mass is 9.93. The SMILES string of the molecule is CC(C)NS(=O)(=O)[C@@H]1CCOC[C@@H]1Cc1ccc(C#N)cc1. The zero-order valence-electron chi connectivity index (χ0n) is 13.0. The van der Waals surface area contributed by atoms with Crippen molar-refractivity contribution < 1.29 is 13.2 Å². The Balaban J connectivity index is 2.14. The molecule has 1 saturated heterocycles. The summed E-state index contributed by atoms with van der Waals surface area (Å²) in [4.78, 5) is 0. The molecule has 0 radical (unpaired) electrons. The van der Waals surface area contributed by atoms with Crippen LogP contribution < -0.4 is 4.72 Å². The van der Waals surface area contributed by atoms with Crippen molar-refractivity contribution in [2.24, 2.45) is 5.92 Å². The van der Waals surface area contributed by atoms with E-state index >= 15 is 0 Å². The fraction of sp³-hybridized carbons (Fsp3) is 0.562. The van der Waals surface area contributed by atoms with Crippen LogP contribution >= 0.6 is 0 Å². The molecule has 0 unspecified atom stereocenters. The van der Waals surface area contributed by atoms with Crippen LogP contribution in [0.5, 0.6) is 0 Å². The first-order valence-electron chi connectivity index (χ1n) is 7.50. The molecule has 0 bridgehead atoms. The summed E-state index contributed by atoms with van der Waals surface area (Å²) in [5.74, 6) is -0.0714. The van der Waals surface area contributed by atoms with Gasteiger partial charge in [-0.3, -0.25) is 0 Å². The van der Waals surface area contributed by atoms with Crippen molar-refractivity contribution in [3.05, 3.63) is 35.4 Å². The fourth-order valence-corrected chi connectivity index (χ4v) is 4.73. The quantitative estimate of drug-likeness (QED) is 0.897. The van der Waals surface area contributed by atoms with E-state index in [0.29, 0.717) is 31.6 Å². The van der Waals surface area contributed by atoms with E-state index in [-0.39, 0.29) is 12.0 Å². The normalized spacial score (nSPS) is 22.5. The highest BCUT2D eigenvalue weighted by atomic mass is 32.2. The summed E-state index contributed by atoms with van der Waals surface area (Å²) in [5, 5.41) is 8.39. The van der Waals surface area contributed by atoms with E-state index in [4.69, 9.17) is 10.00 Å². The van der Waals surface area contributed by atoms with E-state index in [1.54, 1.807) is 12.1 Å². The lowest BCUT2D eigenvalue weighted by molar-refractivity contribution is 0.0569. The van der Waals surface area contributed by atoms with E-state index in [0.717, 1.165) is 5.56 Å². The number of ether oxygens (including phenoxy) is 1. The summed E-state index contributed by atoms with van der Waals surface area (Å²) >= 11 is 0. The Kier molecular flexibility index (Phi) is 5.57. The van der Waals surface area contributed by atoms with Crippen LogP contribution in [0.3, 0.4) is 0 Å². The maximum atomic E-state index is 12.5. The minimum Gasteiger partial charge on any atom is -0.381 e. The molecule has 0 aliphatic carbocycles. The minimum absolute atomic E-state index is 0.0714. The van der Waals surface area contributed by atoms with Gasteiger partial charge in [0.2, 0.25) is 10.0 Å². The topological polar surface area (TPSA) is 79.2 Å². The van der Waals surface area contributed by atoms with Crippen molar-refractivity contribution in [2.45, 2.75) is 38.0 Å². The van der Waals surface area contributed by atoms with Gasteiger partial charge in [0.25, 0.3) is 0 Å². The molecule has 2 atom stereocenters. The van der Waals surface area contributed by atoms with Gasteiger partial charge in [0.05, 0.1) is 23.5 Å². The second kappa shape index (κ2) is 7.23. The van der Waals surface area contributed by atoms with Crippen molar-refractivity contribution in [3.63, 3.8) is 0 Å². The molecule has 22 heavy (non-hydrogen) atoms. The van der Waals surface area contributed by atoms with Gasteiger partial charge in [-0.15, -0.1) is 0 Å². The van der Waals surface area contributed by atoms with Crippen molar-refractivity contribution in [3.8, 4) is 6.07 Å². The van der Waals surface area contributed by atoms with Gasteiger partial charge in [-0.1, -0.05) is 12.1 Å². The Morgan fingerprint density at radius 2 is 2.05 bits per heavy atom. The summed E-state index contributed by atoms with van der Waals surface area (Å²) in [6, 6.07) is 9.25. The zero-order chi connectivity index (χ0) is 16.2. The molecule has 0 amide bonds. The number of hydrogen-bond donors (Lipinski definition) is 1. The van der Waals surface area contributed by atoms with Gasteiger partial charge in [0, 0.05) is 18.6 Å². The van der Waals surface area contributed by atoms with Crippen LogP contribution in [0.2, 0.25) is 0 Å². The third-order valence-corrected chi connectivity index (χ3v) is 6.00. The number of nitriles is 1. The predicted octanol–water partition coefficient (Wildman–Crippen LogP) is 1.83. The van der Waals surface area contributed by atoms with Crippen molar-refractivity contribution >= 4 is 10.0 Å². The largest absolute Gasteiger partial charge is 0.381 e. The number of nitrogens with one attached hydrogen (secondary N) is 1. The van der Waals surface area contributed by atoms with Crippen LogP contribution in [0.25, 0.3) is 0 Å². The monoisotopic (exact) mass is 322 g/mol. The first-order chi connectivity index (χ1) is 10.4. The molecule has 1 aromatic rings. The van der Waals surface area contributed by atoms with Gasteiger partial charge in [-0.05, 0) is 44.4 Å². The first kappa shape index (κ1) is 16.9. The summed E-state index contributed by atoms with van der Waals surface area (Å²) in [6.45, 7) is 4.58. The zero-order valence-corrected chi connectivity index (χ0v) is 13.8. The number of rotatable bonds is 5. The van der Waals surface area contributed by atoms with Gasteiger partial charge in [0.1, 0.15) is 0 Å². The average molecular weight is 322 g/mol. The van der Waals surface area contributed by atoms with Gasteiger partial charge < -0.3 is 4.74 Å². The predicted molar refractivity (Wildman–Crippen MR) is 84.8 cm³/mol. The van der Waals surface area contributed by atoms with Crippen LogP contribution in [0.1, 0.15) is 31.4 Å². The molecule has 120 valence electrons. The smallest absolute Gasteiger partial charge is 0.215 e. The molecule has 1 N–H and O–H groups in total. The van der Waals surface area contributed by atoms with Crippen molar-refractivity contribution in [2.75, 3.05) is 13.2 Å². The second-order valence-electron chi connectivity index (χ2n) is 5.99. The van der Waals surface area contributed by atoms with E-state index < -0.39 is 15.3 Å². The molecule has 1 fully saturated rings. The van der Waals surface area contributed by atoms with Crippen LogP contribution in [-0.2, 0) is 21.2 Å². The summed E-state index contributed by atoms with van der Waals surface area (Å²) < 4.78 is 33.2. The van der Waals surface area contributed by atoms with E-state index in [2.05, 4.69) is 10.8 Å². The summed E-state index contributed by atoms with van der Waals surface area (Å²) in [7, 11) is -3.35. The molecule has 0 saturated carbocycles. The van der Waals surface area contributed by atoms with Gasteiger partial charge >= 0.3 is 0 Å². The standard InChI is InChI=1S/C16H22N2O3S/c1-12(2)18-22(19,20)16-7-8-21-11-15(16)9-13-3-5-14(10-17)6-4-13/h3-6,12,15-16,18H,7-9,11H2,1-2H3/t15-,16+/m0/s1. The lowest BCUT2D eigenvalue weighted by Crippen LogP contribution is -2.46. The van der Waals surface area contributed by atoms with E-state index in [9.17, 15) is 8.42 Å². The summed E-state index contributed by atoms with van der Waals surface area (Å²) in [5.41, 5.74) is 1.63. The van der Waals surface area contributed by atoms with Gasteiger partial charge in [-0.2, -0.15) is 5.26 Å². The maximum absolute atomic E-state index is 12.5. The number of sulfonamides is 1. The third kappa shape index (κ3) is 4.29. The molecular weight excluding hydrogens is 300 g/mol. The molecule has 1 heterocycles. The Morgan fingerprint density at radius 1 is 1.36 bits per heavy atom. The fourth-order valence-electron chi connectivity index (χ4n) is 2.81. The average Bonchev–Trinajstić information content (AvgIpc) is 2.47. The van der Waals surface area contributed by atoms with Crippen molar-refractivity contribution in [1.29, 1.82) is 5.26 Å². The van der Waals surface area contributed by atoms with Gasteiger partial charge in [0.15, 0.2) is 0 Å². The molecule has 1 aromatic carbocycles. The number of hydrogen-bond acceptors (Lipinski definition) is 4. The molecule has 5 nitrogen and oxygen atoms in total. The van der Waals surface area contributed by atoms with Crippen LogP contribution in [0.4, 0.5) is 0 Å². The molecule has 6 heteroatoms. The van der Waals surface area contributed by atoms with Gasteiger partial charge in [-0.25, -0.2) is 13.1 Å². The molecular formula is C16H22N2O3S. The Hall–Kier alpha value is -1.42. The number of nitrogens with zero attached hydrogens (tertiary/aromatic N) is 1. The first-order valence-corrected chi connectivity index (χ1v) is 9.05. The van der Waals surface area contributed by atoms with Crippen LogP contribution in [-0.4, -0.2) is 32.9 Å². The molecule has 1 aliphatic heterocycles. The Morgan fingerprint density at radius 3 is 2.64 bits per heavy atom. The minimum atomic E-state index is -3.35. The molecule has 0 aromatic heterocycles. The molecule has 0 spiro atoms.